The number of aliphatic hydroxyl groups is 1. The van der Waals surface area contributed by atoms with Crippen molar-refractivity contribution in [2.75, 3.05) is 19.8 Å². The SMILES string of the molecule is CC(C)[C@H]1COC[C@](C#N)(CO)N1. The molecule has 1 rings (SSSR count). The molecule has 1 aliphatic heterocycles. The van der Waals surface area contributed by atoms with E-state index in [4.69, 9.17) is 15.1 Å². The predicted octanol–water partition coefficient (Wildman–Crippen LogP) is -0.115. The quantitative estimate of drug-likeness (QED) is 0.628. The van der Waals surface area contributed by atoms with Crippen LogP contribution in [-0.4, -0.2) is 36.5 Å². The van der Waals surface area contributed by atoms with Gasteiger partial charge in [-0.1, -0.05) is 13.8 Å². The third-order valence-corrected chi connectivity index (χ3v) is 2.40. The Morgan fingerprint density at radius 3 is 2.92 bits per heavy atom. The van der Waals surface area contributed by atoms with Gasteiger partial charge in [0, 0.05) is 6.04 Å². The van der Waals surface area contributed by atoms with Crippen LogP contribution >= 0.6 is 0 Å². The smallest absolute Gasteiger partial charge is 0.153 e. The molecule has 0 radical (unpaired) electrons. The van der Waals surface area contributed by atoms with E-state index in [0.717, 1.165) is 0 Å². The molecule has 0 saturated carbocycles. The lowest BCUT2D eigenvalue weighted by Gasteiger charge is -2.37. The second-order valence-corrected chi connectivity index (χ2v) is 3.86. The van der Waals surface area contributed by atoms with Crippen molar-refractivity contribution < 1.29 is 9.84 Å². The van der Waals surface area contributed by atoms with Gasteiger partial charge >= 0.3 is 0 Å². The van der Waals surface area contributed by atoms with Gasteiger partial charge in [-0.2, -0.15) is 5.26 Å². The van der Waals surface area contributed by atoms with Crippen molar-refractivity contribution in [3.05, 3.63) is 0 Å². The Morgan fingerprint density at radius 2 is 2.46 bits per heavy atom. The van der Waals surface area contributed by atoms with Gasteiger partial charge in [0.05, 0.1) is 25.9 Å². The minimum Gasteiger partial charge on any atom is -0.393 e. The van der Waals surface area contributed by atoms with E-state index in [9.17, 15) is 0 Å². The van der Waals surface area contributed by atoms with Crippen molar-refractivity contribution in [2.45, 2.75) is 25.4 Å². The molecule has 0 bridgehead atoms. The molecule has 0 unspecified atom stereocenters. The highest BCUT2D eigenvalue weighted by Crippen LogP contribution is 2.15. The Bertz CT molecular complexity index is 212. The molecule has 0 amide bonds. The number of hydrogen-bond acceptors (Lipinski definition) is 4. The van der Waals surface area contributed by atoms with Crippen LogP contribution in [0.5, 0.6) is 0 Å². The molecule has 1 saturated heterocycles. The van der Waals surface area contributed by atoms with E-state index in [1.54, 1.807) is 0 Å². The summed E-state index contributed by atoms with van der Waals surface area (Å²) in [6.45, 7) is 4.80. The molecule has 13 heavy (non-hydrogen) atoms. The normalized spacial score (nSPS) is 34.5. The number of morpholine rings is 1. The van der Waals surface area contributed by atoms with Crippen LogP contribution in [0.15, 0.2) is 0 Å². The second kappa shape index (κ2) is 4.05. The van der Waals surface area contributed by atoms with E-state index in [-0.39, 0.29) is 19.3 Å². The number of aliphatic hydroxyl groups excluding tert-OH is 1. The number of hydrogen-bond donors (Lipinski definition) is 2. The Balaban J connectivity index is 2.65. The molecule has 2 atom stereocenters. The summed E-state index contributed by atoms with van der Waals surface area (Å²) in [5.74, 6) is 0.402. The molecule has 4 nitrogen and oxygen atoms in total. The maximum Gasteiger partial charge on any atom is 0.153 e. The van der Waals surface area contributed by atoms with Crippen LogP contribution in [0.25, 0.3) is 0 Å². The Kier molecular flexibility index (Phi) is 3.26. The van der Waals surface area contributed by atoms with Crippen molar-refractivity contribution in [1.82, 2.24) is 5.32 Å². The maximum atomic E-state index is 9.08. The number of nitrogens with one attached hydrogen (secondary N) is 1. The van der Waals surface area contributed by atoms with Crippen molar-refractivity contribution in [3.8, 4) is 6.07 Å². The van der Waals surface area contributed by atoms with Gasteiger partial charge in [-0.15, -0.1) is 0 Å². The second-order valence-electron chi connectivity index (χ2n) is 3.86. The standard InChI is InChI=1S/C9H16N2O2/c1-7(2)8-3-13-6-9(4-10,5-12)11-8/h7-8,11-12H,3,5-6H2,1-2H3/t8-,9+/m1/s1. The van der Waals surface area contributed by atoms with Gasteiger partial charge in [0.25, 0.3) is 0 Å². The Labute approximate surface area is 78.5 Å². The van der Waals surface area contributed by atoms with Gasteiger partial charge in [0.2, 0.25) is 0 Å². The van der Waals surface area contributed by atoms with Gasteiger partial charge in [-0.3, -0.25) is 5.32 Å². The minimum absolute atomic E-state index is 0.153. The summed E-state index contributed by atoms with van der Waals surface area (Å²) in [6.07, 6.45) is 0. The zero-order valence-corrected chi connectivity index (χ0v) is 8.08. The number of ether oxygens (including phenoxy) is 1. The summed E-state index contributed by atoms with van der Waals surface area (Å²) >= 11 is 0. The fraction of sp³-hybridized carbons (Fsp3) is 0.889. The van der Waals surface area contributed by atoms with Gasteiger partial charge in [-0.25, -0.2) is 0 Å². The average molecular weight is 184 g/mol. The minimum atomic E-state index is -0.896. The molecule has 0 aromatic heterocycles. The molecular formula is C9H16N2O2. The zero-order chi connectivity index (χ0) is 9.90. The summed E-state index contributed by atoms with van der Waals surface area (Å²) < 4.78 is 5.30. The zero-order valence-electron chi connectivity index (χ0n) is 8.08. The van der Waals surface area contributed by atoms with E-state index < -0.39 is 5.54 Å². The fourth-order valence-corrected chi connectivity index (χ4v) is 1.35. The summed E-state index contributed by atoms with van der Waals surface area (Å²) in [5, 5.41) is 21.1. The van der Waals surface area contributed by atoms with Crippen molar-refractivity contribution in [1.29, 1.82) is 5.26 Å². The van der Waals surface area contributed by atoms with Gasteiger partial charge in [0.1, 0.15) is 0 Å². The van der Waals surface area contributed by atoms with E-state index in [1.807, 2.05) is 0 Å². The van der Waals surface area contributed by atoms with Gasteiger partial charge in [-0.05, 0) is 5.92 Å². The first-order valence-electron chi connectivity index (χ1n) is 4.51. The third kappa shape index (κ3) is 2.19. The van der Waals surface area contributed by atoms with Crippen LogP contribution in [0.2, 0.25) is 0 Å². The molecule has 0 aromatic rings. The molecular weight excluding hydrogens is 168 g/mol. The van der Waals surface area contributed by atoms with E-state index in [2.05, 4.69) is 25.2 Å². The Morgan fingerprint density at radius 1 is 1.77 bits per heavy atom. The number of nitrogens with zero attached hydrogens (tertiary/aromatic N) is 1. The lowest BCUT2D eigenvalue weighted by molar-refractivity contribution is -0.0118. The lowest BCUT2D eigenvalue weighted by Crippen LogP contribution is -2.61. The van der Waals surface area contributed by atoms with Crippen LogP contribution in [0.4, 0.5) is 0 Å². The fourth-order valence-electron chi connectivity index (χ4n) is 1.35. The van der Waals surface area contributed by atoms with Crippen LogP contribution in [-0.2, 0) is 4.74 Å². The summed E-state index contributed by atoms with van der Waals surface area (Å²) in [5.41, 5.74) is -0.896. The van der Waals surface area contributed by atoms with Crippen molar-refractivity contribution in [3.63, 3.8) is 0 Å². The van der Waals surface area contributed by atoms with E-state index >= 15 is 0 Å². The molecule has 1 heterocycles. The largest absolute Gasteiger partial charge is 0.393 e. The molecule has 1 aliphatic rings. The van der Waals surface area contributed by atoms with Gasteiger partial charge < -0.3 is 9.84 Å². The Hall–Kier alpha value is -0.630. The summed E-state index contributed by atoms with van der Waals surface area (Å²) in [4.78, 5) is 0. The maximum absolute atomic E-state index is 9.08. The third-order valence-electron chi connectivity index (χ3n) is 2.40. The molecule has 0 aliphatic carbocycles. The highest BCUT2D eigenvalue weighted by molar-refractivity contribution is 5.10. The molecule has 4 heteroatoms. The highest BCUT2D eigenvalue weighted by Gasteiger charge is 2.37. The van der Waals surface area contributed by atoms with Crippen molar-refractivity contribution >= 4 is 0 Å². The van der Waals surface area contributed by atoms with E-state index in [0.29, 0.717) is 12.5 Å². The van der Waals surface area contributed by atoms with Crippen LogP contribution in [0.1, 0.15) is 13.8 Å². The molecule has 0 aromatic carbocycles. The highest BCUT2D eigenvalue weighted by atomic mass is 16.5. The molecule has 0 spiro atoms. The molecule has 1 fully saturated rings. The predicted molar refractivity (Wildman–Crippen MR) is 48.0 cm³/mol. The first-order valence-corrected chi connectivity index (χ1v) is 4.51. The first kappa shape index (κ1) is 10.5. The summed E-state index contributed by atoms with van der Waals surface area (Å²) in [6, 6.07) is 2.22. The number of rotatable bonds is 2. The first-order chi connectivity index (χ1) is 6.13. The lowest BCUT2D eigenvalue weighted by atomic mass is 9.96. The topological polar surface area (TPSA) is 65.3 Å². The van der Waals surface area contributed by atoms with Crippen LogP contribution in [0.3, 0.4) is 0 Å². The van der Waals surface area contributed by atoms with E-state index in [1.165, 1.54) is 0 Å². The monoisotopic (exact) mass is 184 g/mol. The summed E-state index contributed by atoms with van der Waals surface area (Å²) in [7, 11) is 0. The van der Waals surface area contributed by atoms with Crippen LogP contribution < -0.4 is 5.32 Å². The number of nitriles is 1. The van der Waals surface area contributed by atoms with Crippen LogP contribution in [0, 0.1) is 17.2 Å². The van der Waals surface area contributed by atoms with Gasteiger partial charge in [0.15, 0.2) is 5.54 Å². The van der Waals surface area contributed by atoms with Crippen molar-refractivity contribution in [2.24, 2.45) is 5.92 Å². The molecule has 74 valence electrons. The average Bonchev–Trinajstić information content (AvgIpc) is 2.18. The molecule has 2 N–H and O–H groups in total.